The second kappa shape index (κ2) is 7.48. The second-order valence-corrected chi connectivity index (χ2v) is 6.45. The van der Waals surface area contributed by atoms with Crippen molar-refractivity contribution in [2.75, 3.05) is 11.9 Å². The van der Waals surface area contributed by atoms with Gasteiger partial charge >= 0.3 is 6.03 Å². The molecule has 0 aliphatic heterocycles. The van der Waals surface area contributed by atoms with Crippen LogP contribution < -0.4 is 10.6 Å². The number of hydrogen-bond donors (Lipinski definition) is 2. The molecule has 0 spiro atoms. The van der Waals surface area contributed by atoms with E-state index in [1.165, 1.54) is 37.7 Å². The summed E-state index contributed by atoms with van der Waals surface area (Å²) in [5, 5.41) is 5.99. The highest BCUT2D eigenvalue weighted by molar-refractivity contribution is 5.91. The van der Waals surface area contributed by atoms with Crippen LogP contribution in [0, 0.1) is 26.7 Å². The Morgan fingerprint density at radius 2 is 1.71 bits per heavy atom. The Kier molecular flexibility index (Phi) is 5.66. The first-order valence-corrected chi connectivity index (χ1v) is 8.19. The molecule has 1 saturated carbocycles. The molecule has 1 fully saturated rings. The van der Waals surface area contributed by atoms with Gasteiger partial charge in [0.05, 0.1) is 0 Å². The van der Waals surface area contributed by atoms with Crippen molar-refractivity contribution in [3.63, 3.8) is 0 Å². The fraction of sp³-hybridized carbons (Fsp3) is 0.611. The molecule has 116 valence electrons. The van der Waals surface area contributed by atoms with Crippen LogP contribution in [0.2, 0.25) is 0 Å². The van der Waals surface area contributed by atoms with Gasteiger partial charge in [0.2, 0.25) is 0 Å². The van der Waals surface area contributed by atoms with E-state index in [-0.39, 0.29) is 6.03 Å². The minimum absolute atomic E-state index is 0.0825. The Morgan fingerprint density at radius 3 is 2.33 bits per heavy atom. The summed E-state index contributed by atoms with van der Waals surface area (Å²) in [6.45, 7) is 6.93. The average molecular weight is 288 g/mol. The summed E-state index contributed by atoms with van der Waals surface area (Å²) < 4.78 is 0. The lowest BCUT2D eigenvalue weighted by Crippen LogP contribution is -2.31. The highest BCUT2D eigenvalue weighted by Gasteiger charge is 2.13. The molecular weight excluding hydrogens is 260 g/mol. The van der Waals surface area contributed by atoms with E-state index in [0.717, 1.165) is 35.7 Å². The van der Waals surface area contributed by atoms with E-state index in [2.05, 4.69) is 29.7 Å². The zero-order valence-electron chi connectivity index (χ0n) is 13.6. The van der Waals surface area contributed by atoms with Crippen molar-refractivity contribution in [1.29, 1.82) is 0 Å². The van der Waals surface area contributed by atoms with Gasteiger partial charge in [-0.05, 0) is 44.2 Å². The molecular formula is C18H28N2O. The molecule has 0 aromatic heterocycles. The summed E-state index contributed by atoms with van der Waals surface area (Å²) >= 11 is 0. The monoisotopic (exact) mass is 288 g/mol. The van der Waals surface area contributed by atoms with Crippen LogP contribution in [0.25, 0.3) is 0 Å². The second-order valence-electron chi connectivity index (χ2n) is 6.45. The largest absolute Gasteiger partial charge is 0.338 e. The molecule has 0 saturated heterocycles. The molecule has 21 heavy (non-hydrogen) atoms. The maximum absolute atomic E-state index is 12.0. The van der Waals surface area contributed by atoms with Crippen molar-refractivity contribution >= 4 is 11.7 Å². The Hall–Kier alpha value is -1.51. The van der Waals surface area contributed by atoms with Crippen molar-refractivity contribution in [2.24, 2.45) is 5.92 Å². The van der Waals surface area contributed by atoms with Gasteiger partial charge in [0, 0.05) is 12.2 Å². The first-order valence-electron chi connectivity index (χ1n) is 8.19. The average Bonchev–Trinajstić information content (AvgIpc) is 2.44. The van der Waals surface area contributed by atoms with E-state index in [4.69, 9.17) is 0 Å². The molecule has 1 aliphatic rings. The van der Waals surface area contributed by atoms with Gasteiger partial charge in [-0.25, -0.2) is 4.79 Å². The third-order valence-corrected chi connectivity index (χ3v) is 4.48. The maximum Gasteiger partial charge on any atom is 0.319 e. The van der Waals surface area contributed by atoms with Crippen LogP contribution in [0.3, 0.4) is 0 Å². The minimum atomic E-state index is -0.0825. The van der Waals surface area contributed by atoms with Gasteiger partial charge in [-0.15, -0.1) is 0 Å². The lowest BCUT2D eigenvalue weighted by Gasteiger charge is -2.21. The van der Waals surface area contributed by atoms with Gasteiger partial charge in [0.1, 0.15) is 0 Å². The number of carbonyl (C=O) groups excluding carboxylic acids is 1. The summed E-state index contributed by atoms with van der Waals surface area (Å²) in [7, 11) is 0. The van der Waals surface area contributed by atoms with E-state index in [0.29, 0.717) is 0 Å². The summed E-state index contributed by atoms with van der Waals surface area (Å²) in [4.78, 5) is 12.0. The molecule has 0 atom stereocenters. The Labute approximate surface area is 128 Å². The van der Waals surface area contributed by atoms with Gasteiger partial charge in [-0.3, -0.25) is 0 Å². The van der Waals surface area contributed by atoms with Crippen molar-refractivity contribution in [1.82, 2.24) is 5.32 Å². The zero-order valence-corrected chi connectivity index (χ0v) is 13.6. The van der Waals surface area contributed by atoms with Gasteiger partial charge in [0.25, 0.3) is 0 Å². The number of amides is 2. The van der Waals surface area contributed by atoms with E-state index >= 15 is 0 Å². The molecule has 1 aliphatic carbocycles. The number of carbonyl (C=O) groups is 1. The molecule has 3 nitrogen and oxygen atoms in total. The number of anilines is 1. The minimum Gasteiger partial charge on any atom is -0.338 e. The maximum atomic E-state index is 12.0. The number of nitrogens with one attached hydrogen (secondary N) is 2. The first-order chi connectivity index (χ1) is 10.1. The first kappa shape index (κ1) is 15.9. The van der Waals surface area contributed by atoms with Crippen LogP contribution >= 0.6 is 0 Å². The number of rotatable bonds is 4. The normalized spacial score (nSPS) is 15.8. The topological polar surface area (TPSA) is 41.1 Å². The third-order valence-electron chi connectivity index (χ3n) is 4.48. The lowest BCUT2D eigenvalue weighted by atomic mass is 9.87. The molecule has 0 heterocycles. The van der Waals surface area contributed by atoms with Crippen LogP contribution in [-0.2, 0) is 0 Å². The Balaban J connectivity index is 1.79. The SMILES string of the molecule is Cc1cc(C)c(NC(=O)NCCC2CCCCC2)c(C)c1. The fourth-order valence-corrected chi connectivity index (χ4v) is 3.40. The predicted molar refractivity (Wildman–Crippen MR) is 88.9 cm³/mol. The number of urea groups is 1. The molecule has 0 bridgehead atoms. The van der Waals surface area contributed by atoms with Crippen LogP contribution in [0.15, 0.2) is 12.1 Å². The van der Waals surface area contributed by atoms with Crippen LogP contribution in [0.5, 0.6) is 0 Å². The van der Waals surface area contributed by atoms with E-state index in [1.54, 1.807) is 0 Å². The smallest absolute Gasteiger partial charge is 0.319 e. The van der Waals surface area contributed by atoms with Crippen LogP contribution in [0.1, 0.15) is 55.2 Å². The van der Waals surface area contributed by atoms with Crippen molar-refractivity contribution in [3.8, 4) is 0 Å². The Bertz CT molecular complexity index is 467. The molecule has 3 heteroatoms. The van der Waals surface area contributed by atoms with E-state index in [9.17, 15) is 4.79 Å². The molecule has 1 aromatic rings. The van der Waals surface area contributed by atoms with Gasteiger partial charge in [-0.1, -0.05) is 49.8 Å². The van der Waals surface area contributed by atoms with Crippen LogP contribution in [0.4, 0.5) is 10.5 Å². The van der Waals surface area contributed by atoms with Crippen molar-refractivity contribution in [3.05, 3.63) is 28.8 Å². The Morgan fingerprint density at radius 1 is 1.10 bits per heavy atom. The summed E-state index contributed by atoms with van der Waals surface area (Å²) in [5.41, 5.74) is 4.41. The number of aryl methyl sites for hydroxylation is 3. The van der Waals surface area contributed by atoms with Gasteiger partial charge in [-0.2, -0.15) is 0 Å². The molecule has 2 amide bonds. The van der Waals surface area contributed by atoms with Gasteiger partial charge < -0.3 is 10.6 Å². The van der Waals surface area contributed by atoms with E-state index < -0.39 is 0 Å². The molecule has 1 aromatic carbocycles. The molecule has 0 unspecified atom stereocenters. The van der Waals surface area contributed by atoms with Crippen molar-refractivity contribution < 1.29 is 4.79 Å². The summed E-state index contributed by atoms with van der Waals surface area (Å²) in [6, 6.07) is 4.12. The number of benzene rings is 1. The molecule has 0 radical (unpaired) electrons. The van der Waals surface area contributed by atoms with E-state index in [1.807, 2.05) is 13.8 Å². The number of hydrogen-bond acceptors (Lipinski definition) is 1. The highest BCUT2D eigenvalue weighted by Crippen LogP contribution is 2.26. The fourth-order valence-electron chi connectivity index (χ4n) is 3.40. The molecule has 2 N–H and O–H groups in total. The standard InChI is InChI=1S/C18H28N2O/c1-13-11-14(2)17(15(3)12-13)20-18(21)19-10-9-16-7-5-4-6-8-16/h11-12,16H,4-10H2,1-3H3,(H2,19,20,21). The summed E-state index contributed by atoms with van der Waals surface area (Å²) in [6.07, 6.45) is 7.88. The predicted octanol–water partition coefficient (Wildman–Crippen LogP) is 4.70. The quantitative estimate of drug-likeness (QED) is 0.828. The third kappa shape index (κ3) is 4.76. The lowest BCUT2D eigenvalue weighted by molar-refractivity contribution is 0.250. The van der Waals surface area contributed by atoms with Gasteiger partial charge in [0.15, 0.2) is 0 Å². The molecule has 2 rings (SSSR count). The zero-order chi connectivity index (χ0) is 15.2. The summed E-state index contributed by atoms with van der Waals surface area (Å²) in [5.74, 6) is 0.807. The van der Waals surface area contributed by atoms with Crippen LogP contribution in [-0.4, -0.2) is 12.6 Å². The van der Waals surface area contributed by atoms with Crippen molar-refractivity contribution in [2.45, 2.75) is 59.3 Å². The highest BCUT2D eigenvalue weighted by atomic mass is 16.2.